The van der Waals surface area contributed by atoms with E-state index in [0.29, 0.717) is 13.2 Å². The average Bonchev–Trinajstić information content (AvgIpc) is 2.95. The number of benzene rings is 1. The van der Waals surface area contributed by atoms with Crippen LogP contribution in [-0.4, -0.2) is 32.7 Å². The van der Waals surface area contributed by atoms with Gasteiger partial charge in [0.05, 0.1) is 6.61 Å². The summed E-state index contributed by atoms with van der Waals surface area (Å²) < 4.78 is 16.6. The molecule has 21 heavy (non-hydrogen) atoms. The second kappa shape index (κ2) is 9.03. The van der Waals surface area contributed by atoms with Gasteiger partial charge in [-0.1, -0.05) is 12.1 Å². The lowest BCUT2D eigenvalue weighted by Gasteiger charge is -2.16. The lowest BCUT2D eigenvalue weighted by atomic mass is 10.1. The molecule has 1 aromatic rings. The first kappa shape index (κ1) is 16.3. The zero-order valence-corrected chi connectivity index (χ0v) is 13.2. The molecule has 0 spiro atoms. The number of ether oxygens (including phenoxy) is 3. The molecule has 1 aliphatic rings. The fourth-order valence-electron chi connectivity index (χ4n) is 2.56. The largest absolute Gasteiger partial charge is 0.493 e. The lowest BCUT2D eigenvalue weighted by Crippen LogP contribution is -2.21. The van der Waals surface area contributed by atoms with Crippen molar-refractivity contribution in [3.05, 3.63) is 29.3 Å². The van der Waals surface area contributed by atoms with Gasteiger partial charge in [0.2, 0.25) is 0 Å². The summed E-state index contributed by atoms with van der Waals surface area (Å²) in [6, 6.07) is 6.47. The van der Waals surface area contributed by atoms with E-state index in [1.807, 2.05) is 13.8 Å². The Labute approximate surface area is 127 Å². The fourth-order valence-corrected chi connectivity index (χ4v) is 2.56. The van der Waals surface area contributed by atoms with Crippen molar-refractivity contribution in [2.45, 2.75) is 45.9 Å². The molecule has 2 rings (SSSR count). The first-order valence-electron chi connectivity index (χ1n) is 8.02. The molecule has 1 N–H and O–H groups in total. The molecule has 0 atom stereocenters. The minimum Gasteiger partial charge on any atom is -0.493 e. The lowest BCUT2D eigenvalue weighted by molar-refractivity contribution is -0.139. The zero-order valence-electron chi connectivity index (χ0n) is 13.2. The second-order valence-electron chi connectivity index (χ2n) is 5.20. The van der Waals surface area contributed by atoms with Crippen molar-refractivity contribution in [1.82, 2.24) is 5.32 Å². The summed E-state index contributed by atoms with van der Waals surface area (Å²) in [5.74, 6) is 1.05. The number of hydrogen-bond acceptors (Lipinski definition) is 4. The molecule has 1 heterocycles. The van der Waals surface area contributed by atoms with E-state index in [1.165, 1.54) is 11.1 Å². The maximum absolute atomic E-state index is 5.53. The van der Waals surface area contributed by atoms with Crippen molar-refractivity contribution in [2.24, 2.45) is 0 Å². The topological polar surface area (TPSA) is 39.7 Å². The summed E-state index contributed by atoms with van der Waals surface area (Å²) in [5, 5.41) is 3.48. The number of fused-ring (bicyclic) bond motifs is 1. The molecule has 0 radical (unpaired) electrons. The minimum absolute atomic E-state index is 0.0565. The van der Waals surface area contributed by atoms with Gasteiger partial charge in [0.1, 0.15) is 5.75 Å². The Morgan fingerprint density at radius 2 is 2.05 bits per heavy atom. The fraction of sp³-hybridized carbons (Fsp3) is 0.647. The Hall–Kier alpha value is -1.10. The Kier molecular flexibility index (Phi) is 7.00. The highest BCUT2D eigenvalue weighted by Gasteiger charge is 2.11. The summed E-state index contributed by atoms with van der Waals surface area (Å²) in [6.45, 7) is 8.11. The predicted octanol–water partition coefficient (Wildman–Crippen LogP) is 2.89. The van der Waals surface area contributed by atoms with Crippen molar-refractivity contribution in [1.29, 1.82) is 0 Å². The first-order valence-corrected chi connectivity index (χ1v) is 8.02. The third-order valence-electron chi connectivity index (χ3n) is 3.58. The maximum atomic E-state index is 5.53. The van der Waals surface area contributed by atoms with Gasteiger partial charge in [0.25, 0.3) is 0 Å². The van der Waals surface area contributed by atoms with E-state index in [-0.39, 0.29) is 6.29 Å². The normalized spacial score (nSPS) is 13.5. The average molecular weight is 293 g/mol. The Morgan fingerprint density at radius 1 is 1.24 bits per heavy atom. The number of nitrogens with one attached hydrogen (secondary N) is 1. The molecular weight excluding hydrogens is 266 g/mol. The summed E-state index contributed by atoms with van der Waals surface area (Å²) in [5.41, 5.74) is 2.66. The van der Waals surface area contributed by atoms with E-state index in [9.17, 15) is 0 Å². The van der Waals surface area contributed by atoms with Crippen LogP contribution in [0.4, 0.5) is 0 Å². The van der Waals surface area contributed by atoms with Gasteiger partial charge in [-0.05, 0) is 50.4 Å². The van der Waals surface area contributed by atoms with Gasteiger partial charge in [0.15, 0.2) is 6.29 Å². The molecule has 0 unspecified atom stereocenters. The Morgan fingerprint density at radius 3 is 2.81 bits per heavy atom. The number of hydrogen-bond donors (Lipinski definition) is 1. The number of rotatable bonds is 10. The molecule has 0 aliphatic carbocycles. The van der Waals surface area contributed by atoms with Gasteiger partial charge < -0.3 is 19.5 Å². The van der Waals surface area contributed by atoms with Crippen LogP contribution in [0.1, 0.15) is 37.8 Å². The van der Waals surface area contributed by atoms with Crippen LogP contribution < -0.4 is 10.1 Å². The van der Waals surface area contributed by atoms with E-state index in [0.717, 1.165) is 44.7 Å². The van der Waals surface area contributed by atoms with Crippen LogP contribution in [0.25, 0.3) is 0 Å². The van der Waals surface area contributed by atoms with Crippen LogP contribution in [-0.2, 0) is 22.4 Å². The van der Waals surface area contributed by atoms with E-state index in [2.05, 4.69) is 23.5 Å². The summed E-state index contributed by atoms with van der Waals surface area (Å²) in [4.78, 5) is 0. The molecule has 0 aromatic heterocycles. The third-order valence-corrected chi connectivity index (χ3v) is 3.58. The van der Waals surface area contributed by atoms with Gasteiger partial charge in [-0.2, -0.15) is 0 Å². The van der Waals surface area contributed by atoms with Crippen LogP contribution in [0.5, 0.6) is 5.75 Å². The molecule has 4 nitrogen and oxygen atoms in total. The minimum atomic E-state index is -0.0565. The molecule has 0 saturated heterocycles. The van der Waals surface area contributed by atoms with Crippen molar-refractivity contribution in [3.8, 4) is 5.75 Å². The molecule has 0 saturated carbocycles. The van der Waals surface area contributed by atoms with Crippen LogP contribution in [0.15, 0.2) is 18.2 Å². The molecule has 1 aliphatic heterocycles. The maximum Gasteiger partial charge on any atom is 0.157 e. The molecule has 4 heteroatoms. The van der Waals surface area contributed by atoms with Gasteiger partial charge >= 0.3 is 0 Å². The van der Waals surface area contributed by atoms with Crippen LogP contribution >= 0.6 is 0 Å². The molecule has 1 aromatic carbocycles. The first-order chi connectivity index (χ1) is 10.3. The Balaban J connectivity index is 1.63. The Bertz CT molecular complexity index is 416. The smallest absolute Gasteiger partial charge is 0.157 e. The van der Waals surface area contributed by atoms with E-state index in [1.54, 1.807) is 0 Å². The van der Waals surface area contributed by atoms with Crippen molar-refractivity contribution < 1.29 is 14.2 Å². The standard InChI is InChI=1S/C17H27NO3/c1-3-19-17(20-4-2)6-5-10-18-13-14-7-8-16-15(12-14)9-11-21-16/h7-8,12,17-18H,3-6,9-11,13H2,1-2H3. The van der Waals surface area contributed by atoms with E-state index in [4.69, 9.17) is 14.2 Å². The summed E-state index contributed by atoms with van der Waals surface area (Å²) in [7, 11) is 0. The summed E-state index contributed by atoms with van der Waals surface area (Å²) in [6.07, 6.45) is 2.97. The third kappa shape index (κ3) is 5.30. The quantitative estimate of drug-likeness (QED) is 0.532. The molecular formula is C17H27NO3. The second-order valence-corrected chi connectivity index (χ2v) is 5.20. The monoisotopic (exact) mass is 293 g/mol. The highest BCUT2D eigenvalue weighted by Crippen LogP contribution is 2.25. The molecule has 0 bridgehead atoms. The predicted molar refractivity (Wildman–Crippen MR) is 83.6 cm³/mol. The van der Waals surface area contributed by atoms with Gasteiger partial charge in [-0.3, -0.25) is 0 Å². The van der Waals surface area contributed by atoms with E-state index < -0.39 is 0 Å². The van der Waals surface area contributed by atoms with E-state index >= 15 is 0 Å². The van der Waals surface area contributed by atoms with Crippen molar-refractivity contribution in [2.75, 3.05) is 26.4 Å². The molecule has 0 amide bonds. The highest BCUT2D eigenvalue weighted by atomic mass is 16.7. The molecule has 0 fully saturated rings. The SMILES string of the molecule is CCOC(CCCNCc1ccc2c(c1)CCO2)OCC. The van der Waals surface area contributed by atoms with Gasteiger partial charge in [-0.15, -0.1) is 0 Å². The summed E-state index contributed by atoms with van der Waals surface area (Å²) >= 11 is 0. The zero-order chi connectivity index (χ0) is 14.9. The highest BCUT2D eigenvalue weighted by molar-refractivity contribution is 5.39. The van der Waals surface area contributed by atoms with Crippen molar-refractivity contribution >= 4 is 0 Å². The van der Waals surface area contributed by atoms with Gasteiger partial charge in [0, 0.05) is 26.2 Å². The van der Waals surface area contributed by atoms with Gasteiger partial charge in [-0.25, -0.2) is 0 Å². The van der Waals surface area contributed by atoms with Crippen LogP contribution in [0, 0.1) is 0 Å². The molecule has 118 valence electrons. The van der Waals surface area contributed by atoms with Crippen molar-refractivity contribution in [3.63, 3.8) is 0 Å². The van der Waals surface area contributed by atoms with Crippen LogP contribution in [0.2, 0.25) is 0 Å². The van der Waals surface area contributed by atoms with Crippen LogP contribution in [0.3, 0.4) is 0 Å².